The maximum Gasteiger partial charge on any atom is 0.374 e. The predicted octanol–water partition coefficient (Wildman–Crippen LogP) is 2.64. The third-order valence-corrected chi connectivity index (χ3v) is 3.75. The molecule has 1 aromatic heterocycles. The van der Waals surface area contributed by atoms with Crippen LogP contribution in [-0.2, 0) is 9.53 Å². The molecule has 1 heterocycles. The Bertz CT molecular complexity index is 739. The van der Waals surface area contributed by atoms with Gasteiger partial charge in [-0.05, 0) is 25.0 Å². The molecule has 23 heavy (non-hydrogen) atoms. The van der Waals surface area contributed by atoms with Gasteiger partial charge in [0.05, 0.1) is 6.07 Å². The fourth-order valence-corrected chi connectivity index (χ4v) is 1.91. The molecular formula is C17H18N2O4. The summed E-state index contributed by atoms with van der Waals surface area (Å²) < 4.78 is 10.3. The Morgan fingerprint density at radius 3 is 2.70 bits per heavy atom. The highest BCUT2D eigenvalue weighted by atomic mass is 16.5. The topological polar surface area (TPSA) is 92.3 Å². The fourth-order valence-electron chi connectivity index (χ4n) is 1.91. The van der Waals surface area contributed by atoms with Crippen LogP contribution >= 0.6 is 0 Å². The standard InChI is InChI=1S/C17H18N2O4/c1-11(2)17(3,10-18)19-15(20)9-22-16(21)14-8-12-6-4-5-7-13(12)23-14/h4-8,11H,9H2,1-3H3,(H,19,20)/t17-/m1/s1. The van der Waals surface area contributed by atoms with Crippen molar-refractivity contribution in [2.45, 2.75) is 26.3 Å². The van der Waals surface area contributed by atoms with E-state index in [1.165, 1.54) is 0 Å². The number of rotatable bonds is 5. The monoisotopic (exact) mass is 314 g/mol. The Labute approximate surface area is 134 Å². The quantitative estimate of drug-likeness (QED) is 0.856. The van der Waals surface area contributed by atoms with Crippen molar-refractivity contribution >= 4 is 22.8 Å². The van der Waals surface area contributed by atoms with E-state index in [1.54, 1.807) is 25.1 Å². The second-order valence-corrected chi connectivity index (χ2v) is 5.74. The van der Waals surface area contributed by atoms with E-state index in [0.29, 0.717) is 5.58 Å². The first-order valence-electron chi connectivity index (χ1n) is 7.23. The summed E-state index contributed by atoms with van der Waals surface area (Å²) in [5, 5.41) is 12.5. The van der Waals surface area contributed by atoms with E-state index >= 15 is 0 Å². The zero-order valence-corrected chi connectivity index (χ0v) is 13.3. The Hall–Kier alpha value is -2.81. The zero-order chi connectivity index (χ0) is 17.0. The third-order valence-electron chi connectivity index (χ3n) is 3.75. The van der Waals surface area contributed by atoms with E-state index in [4.69, 9.17) is 14.4 Å². The van der Waals surface area contributed by atoms with Gasteiger partial charge >= 0.3 is 5.97 Å². The fraction of sp³-hybridized carbons (Fsp3) is 0.353. The van der Waals surface area contributed by atoms with Gasteiger partial charge in [0.25, 0.3) is 5.91 Å². The summed E-state index contributed by atoms with van der Waals surface area (Å²) in [5.41, 5.74) is -0.441. The number of nitriles is 1. The Morgan fingerprint density at radius 2 is 2.09 bits per heavy atom. The number of esters is 1. The van der Waals surface area contributed by atoms with Gasteiger partial charge in [0, 0.05) is 5.39 Å². The van der Waals surface area contributed by atoms with Gasteiger partial charge in [0.15, 0.2) is 6.61 Å². The SMILES string of the molecule is CC(C)[C@@](C)(C#N)NC(=O)COC(=O)c1cc2ccccc2o1. The molecule has 6 heteroatoms. The summed E-state index contributed by atoms with van der Waals surface area (Å²) in [5.74, 6) is -1.31. The number of benzene rings is 1. The lowest BCUT2D eigenvalue weighted by Gasteiger charge is -2.27. The van der Waals surface area contributed by atoms with E-state index in [1.807, 2.05) is 26.0 Å². The van der Waals surface area contributed by atoms with Crippen LogP contribution in [0.1, 0.15) is 31.3 Å². The molecule has 1 N–H and O–H groups in total. The molecule has 1 amide bonds. The highest BCUT2D eigenvalue weighted by Crippen LogP contribution is 2.19. The minimum atomic E-state index is -1.01. The third kappa shape index (κ3) is 3.69. The van der Waals surface area contributed by atoms with E-state index in [9.17, 15) is 9.59 Å². The normalized spacial score (nSPS) is 13.3. The second kappa shape index (κ2) is 6.53. The predicted molar refractivity (Wildman–Crippen MR) is 83.5 cm³/mol. The first-order valence-corrected chi connectivity index (χ1v) is 7.23. The number of amides is 1. The molecule has 1 aromatic carbocycles. The van der Waals surface area contributed by atoms with Gasteiger partial charge in [-0.25, -0.2) is 4.79 Å². The summed E-state index contributed by atoms with van der Waals surface area (Å²) in [4.78, 5) is 23.8. The number of ether oxygens (including phenoxy) is 1. The smallest absolute Gasteiger partial charge is 0.374 e. The van der Waals surface area contributed by atoms with Crippen LogP contribution in [0.5, 0.6) is 0 Å². The summed E-state index contributed by atoms with van der Waals surface area (Å²) in [6.45, 7) is 4.80. The lowest BCUT2D eigenvalue weighted by Crippen LogP contribution is -2.50. The number of nitrogens with zero attached hydrogens (tertiary/aromatic N) is 1. The van der Waals surface area contributed by atoms with Crippen molar-refractivity contribution in [3.63, 3.8) is 0 Å². The number of nitrogens with one attached hydrogen (secondary N) is 1. The maximum atomic E-state index is 11.9. The summed E-state index contributed by atoms with van der Waals surface area (Å²) in [6, 6.07) is 10.8. The summed E-state index contributed by atoms with van der Waals surface area (Å²) in [7, 11) is 0. The van der Waals surface area contributed by atoms with Crippen LogP contribution in [0, 0.1) is 17.2 Å². The molecule has 0 aliphatic heterocycles. The van der Waals surface area contributed by atoms with Crippen LogP contribution in [0.2, 0.25) is 0 Å². The molecule has 0 aliphatic carbocycles. The number of hydrogen-bond acceptors (Lipinski definition) is 5. The minimum absolute atomic E-state index is 0.0332. The zero-order valence-electron chi connectivity index (χ0n) is 13.3. The average Bonchev–Trinajstić information content (AvgIpc) is 2.96. The van der Waals surface area contributed by atoms with Gasteiger partial charge < -0.3 is 14.5 Å². The molecule has 120 valence electrons. The van der Waals surface area contributed by atoms with Crippen molar-refractivity contribution in [3.05, 3.63) is 36.1 Å². The highest BCUT2D eigenvalue weighted by molar-refractivity contribution is 5.93. The molecule has 0 fully saturated rings. The van der Waals surface area contributed by atoms with Crippen molar-refractivity contribution in [1.82, 2.24) is 5.32 Å². The van der Waals surface area contributed by atoms with Crippen LogP contribution in [0.25, 0.3) is 11.0 Å². The van der Waals surface area contributed by atoms with Crippen LogP contribution in [0.3, 0.4) is 0 Å². The minimum Gasteiger partial charge on any atom is -0.450 e. The van der Waals surface area contributed by atoms with Gasteiger partial charge in [-0.1, -0.05) is 32.0 Å². The number of carbonyl (C=O) groups is 2. The average molecular weight is 314 g/mol. The van der Waals surface area contributed by atoms with Gasteiger partial charge in [-0.15, -0.1) is 0 Å². The van der Waals surface area contributed by atoms with Crippen LogP contribution < -0.4 is 5.32 Å². The highest BCUT2D eigenvalue weighted by Gasteiger charge is 2.30. The molecule has 6 nitrogen and oxygen atoms in total. The first kappa shape index (κ1) is 16.6. The van der Waals surface area contributed by atoms with Crippen LogP contribution in [0.4, 0.5) is 0 Å². The molecule has 0 saturated carbocycles. The molecule has 0 spiro atoms. The van der Waals surface area contributed by atoms with Crippen LogP contribution in [0.15, 0.2) is 34.7 Å². The van der Waals surface area contributed by atoms with E-state index < -0.39 is 24.0 Å². The second-order valence-electron chi connectivity index (χ2n) is 5.74. The number of para-hydroxylation sites is 1. The van der Waals surface area contributed by atoms with Gasteiger partial charge in [-0.3, -0.25) is 4.79 Å². The first-order chi connectivity index (χ1) is 10.9. The Balaban J connectivity index is 1.96. The van der Waals surface area contributed by atoms with Crippen molar-refractivity contribution < 1.29 is 18.7 Å². The van der Waals surface area contributed by atoms with E-state index in [0.717, 1.165) is 5.39 Å². The van der Waals surface area contributed by atoms with Gasteiger partial charge in [-0.2, -0.15) is 5.26 Å². The largest absolute Gasteiger partial charge is 0.450 e. The summed E-state index contributed by atoms with van der Waals surface area (Å²) in [6.07, 6.45) is 0. The molecular weight excluding hydrogens is 296 g/mol. The Morgan fingerprint density at radius 1 is 1.39 bits per heavy atom. The molecule has 0 radical (unpaired) electrons. The molecule has 1 atom stereocenters. The van der Waals surface area contributed by atoms with Crippen LogP contribution in [-0.4, -0.2) is 24.0 Å². The molecule has 2 aromatic rings. The van der Waals surface area contributed by atoms with Crippen molar-refractivity contribution in [3.8, 4) is 6.07 Å². The Kier molecular flexibility index (Phi) is 4.70. The van der Waals surface area contributed by atoms with Gasteiger partial charge in [0.2, 0.25) is 5.76 Å². The molecule has 0 unspecified atom stereocenters. The van der Waals surface area contributed by atoms with E-state index in [2.05, 4.69) is 11.4 Å². The number of furan rings is 1. The number of carbonyl (C=O) groups excluding carboxylic acids is 2. The number of fused-ring (bicyclic) bond motifs is 1. The molecule has 0 saturated heterocycles. The summed E-state index contributed by atoms with van der Waals surface area (Å²) >= 11 is 0. The lowest BCUT2D eigenvalue weighted by molar-refractivity contribution is -0.125. The number of hydrogen-bond donors (Lipinski definition) is 1. The lowest BCUT2D eigenvalue weighted by atomic mass is 9.90. The molecule has 0 bridgehead atoms. The van der Waals surface area contributed by atoms with Crippen molar-refractivity contribution in [2.24, 2.45) is 5.92 Å². The molecule has 2 rings (SSSR count). The van der Waals surface area contributed by atoms with Gasteiger partial charge in [0.1, 0.15) is 11.1 Å². The maximum absolute atomic E-state index is 11.9. The van der Waals surface area contributed by atoms with E-state index in [-0.39, 0.29) is 11.7 Å². The molecule has 0 aliphatic rings. The van der Waals surface area contributed by atoms with Crippen molar-refractivity contribution in [1.29, 1.82) is 5.26 Å². The van der Waals surface area contributed by atoms with Crippen molar-refractivity contribution in [2.75, 3.05) is 6.61 Å².